The lowest BCUT2D eigenvalue weighted by Crippen LogP contribution is -2.42. The number of nitrogens with one attached hydrogen (secondary N) is 1. The van der Waals surface area contributed by atoms with Gasteiger partial charge in [0.15, 0.2) is 17.6 Å². The number of halogens is 3. The van der Waals surface area contributed by atoms with Crippen LogP contribution in [0.2, 0.25) is 0 Å². The van der Waals surface area contributed by atoms with Gasteiger partial charge in [-0.15, -0.1) is 0 Å². The average Bonchev–Trinajstić information content (AvgIpc) is 3.18. The molecule has 0 spiro atoms. The number of carbonyl (C=O) groups excluding carboxylic acids is 3. The molecule has 0 aliphatic heterocycles. The van der Waals surface area contributed by atoms with Crippen molar-refractivity contribution in [2.24, 2.45) is 16.9 Å². The van der Waals surface area contributed by atoms with Crippen LogP contribution in [0.5, 0.6) is 0 Å². The standard InChI is InChI=1S/C25H30F3N5O4/c1-24(2)11-17-19(18(34)12-24)20(25(26,27)28)32-33(17)13-8-9-15(22(30)35)16(10-13)31-21(29)23(36)37-14-6-4-3-5-7-14/h8-10,14,21,31H,3-7,11-12,29H2,1-2H3,(H2,30,35). The number of carbonyl (C=O) groups is 3. The first-order valence-corrected chi connectivity index (χ1v) is 12.2. The van der Waals surface area contributed by atoms with Crippen molar-refractivity contribution in [3.63, 3.8) is 0 Å². The summed E-state index contributed by atoms with van der Waals surface area (Å²) in [6.45, 7) is 3.58. The lowest BCUT2D eigenvalue weighted by atomic mass is 9.75. The van der Waals surface area contributed by atoms with Crippen molar-refractivity contribution >= 4 is 23.3 Å². The van der Waals surface area contributed by atoms with E-state index in [0.29, 0.717) is 0 Å². The molecule has 1 aromatic heterocycles. The predicted octanol–water partition coefficient (Wildman–Crippen LogP) is 3.72. The Labute approximate surface area is 211 Å². The summed E-state index contributed by atoms with van der Waals surface area (Å²) in [6, 6.07) is 4.00. The number of hydrogen-bond acceptors (Lipinski definition) is 7. The third kappa shape index (κ3) is 5.63. The number of nitrogens with two attached hydrogens (primary N) is 2. The maximum atomic E-state index is 13.8. The van der Waals surface area contributed by atoms with Gasteiger partial charge in [0.2, 0.25) is 0 Å². The summed E-state index contributed by atoms with van der Waals surface area (Å²) >= 11 is 0. The predicted molar refractivity (Wildman–Crippen MR) is 128 cm³/mol. The summed E-state index contributed by atoms with van der Waals surface area (Å²) in [6.07, 6.45) is -1.87. The maximum absolute atomic E-state index is 13.8. The minimum atomic E-state index is -4.84. The van der Waals surface area contributed by atoms with Crippen molar-refractivity contribution < 1.29 is 32.3 Å². The van der Waals surface area contributed by atoms with Crippen molar-refractivity contribution in [3.8, 4) is 5.69 Å². The molecule has 0 bridgehead atoms. The summed E-state index contributed by atoms with van der Waals surface area (Å²) in [4.78, 5) is 37.3. The van der Waals surface area contributed by atoms with Crippen molar-refractivity contribution in [2.45, 2.75) is 77.2 Å². The van der Waals surface area contributed by atoms with E-state index in [1.165, 1.54) is 18.2 Å². The molecule has 1 saturated carbocycles. The molecule has 0 radical (unpaired) electrons. The number of esters is 1. The Morgan fingerprint density at radius 3 is 2.49 bits per heavy atom. The molecule has 1 unspecified atom stereocenters. The molecule has 1 atom stereocenters. The molecule has 200 valence electrons. The highest BCUT2D eigenvalue weighted by atomic mass is 19.4. The normalized spacial score (nSPS) is 18.7. The van der Waals surface area contributed by atoms with Gasteiger partial charge in [0.1, 0.15) is 6.10 Å². The van der Waals surface area contributed by atoms with E-state index in [1.807, 2.05) is 0 Å². The van der Waals surface area contributed by atoms with Crippen LogP contribution in [0.1, 0.15) is 84.5 Å². The van der Waals surface area contributed by atoms with Gasteiger partial charge in [0, 0.05) is 6.42 Å². The zero-order valence-corrected chi connectivity index (χ0v) is 20.7. The molecule has 2 aliphatic carbocycles. The number of primary amides is 1. The quantitative estimate of drug-likeness (QED) is 0.388. The van der Waals surface area contributed by atoms with Crippen molar-refractivity contribution in [2.75, 3.05) is 5.32 Å². The van der Waals surface area contributed by atoms with Crippen molar-refractivity contribution in [1.29, 1.82) is 0 Å². The largest absolute Gasteiger partial charge is 0.460 e. The minimum absolute atomic E-state index is 0.0253. The number of rotatable bonds is 6. The van der Waals surface area contributed by atoms with Gasteiger partial charge in [-0.2, -0.15) is 18.3 Å². The number of fused-ring (bicyclic) bond motifs is 1. The zero-order valence-electron chi connectivity index (χ0n) is 20.7. The molecular weight excluding hydrogens is 491 g/mol. The van der Waals surface area contributed by atoms with Crippen LogP contribution in [0, 0.1) is 5.41 Å². The lowest BCUT2D eigenvalue weighted by molar-refractivity contribution is -0.151. The molecule has 1 amide bonds. The molecule has 4 rings (SSSR count). The summed E-state index contributed by atoms with van der Waals surface area (Å²) in [7, 11) is 0. The Morgan fingerprint density at radius 2 is 1.86 bits per heavy atom. The molecule has 2 aromatic rings. The van der Waals surface area contributed by atoms with Crippen LogP contribution in [0.4, 0.5) is 18.9 Å². The van der Waals surface area contributed by atoms with E-state index in [2.05, 4.69) is 10.4 Å². The van der Waals surface area contributed by atoms with Gasteiger partial charge in [0.05, 0.1) is 28.2 Å². The Kier molecular flexibility index (Phi) is 7.06. The number of Topliss-reactive ketones (excluding diaryl/α,β-unsaturated/α-hetero) is 1. The summed E-state index contributed by atoms with van der Waals surface area (Å²) < 4.78 is 47.9. The molecule has 9 nitrogen and oxygen atoms in total. The summed E-state index contributed by atoms with van der Waals surface area (Å²) in [5.74, 6) is -2.20. The van der Waals surface area contributed by atoms with Crippen molar-refractivity contribution in [3.05, 3.63) is 40.7 Å². The van der Waals surface area contributed by atoms with Gasteiger partial charge in [-0.1, -0.05) is 20.3 Å². The lowest BCUT2D eigenvalue weighted by Gasteiger charge is -2.29. The molecule has 1 fully saturated rings. The van der Waals surface area contributed by atoms with Gasteiger partial charge in [-0.25, -0.2) is 9.48 Å². The zero-order chi connectivity index (χ0) is 27.1. The van der Waals surface area contributed by atoms with Crippen LogP contribution in [0.25, 0.3) is 5.69 Å². The van der Waals surface area contributed by atoms with E-state index in [4.69, 9.17) is 16.2 Å². The van der Waals surface area contributed by atoms with Gasteiger partial charge in [-0.05, 0) is 55.7 Å². The Balaban J connectivity index is 1.71. The van der Waals surface area contributed by atoms with Crippen LogP contribution < -0.4 is 16.8 Å². The molecule has 1 aromatic carbocycles. The van der Waals surface area contributed by atoms with E-state index >= 15 is 0 Å². The Morgan fingerprint density at radius 1 is 1.19 bits per heavy atom. The van der Waals surface area contributed by atoms with Crippen LogP contribution >= 0.6 is 0 Å². The first-order chi connectivity index (χ1) is 17.3. The highest BCUT2D eigenvalue weighted by molar-refractivity contribution is 6.01. The highest BCUT2D eigenvalue weighted by Crippen LogP contribution is 2.42. The molecule has 5 N–H and O–H groups in total. The first kappa shape index (κ1) is 26.6. The monoisotopic (exact) mass is 521 g/mol. The molecule has 0 saturated heterocycles. The molecular formula is C25H30F3N5O4. The van der Waals surface area contributed by atoms with Crippen LogP contribution in [-0.2, 0) is 22.1 Å². The number of ether oxygens (including phenoxy) is 1. The fourth-order valence-corrected chi connectivity index (χ4v) is 5.01. The molecule has 1 heterocycles. The Hall–Kier alpha value is -3.41. The third-order valence-electron chi connectivity index (χ3n) is 6.73. The fraction of sp³-hybridized carbons (Fsp3) is 0.520. The maximum Gasteiger partial charge on any atom is 0.435 e. The number of benzene rings is 1. The second-order valence-corrected chi connectivity index (χ2v) is 10.4. The van der Waals surface area contributed by atoms with Crippen molar-refractivity contribution in [1.82, 2.24) is 9.78 Å². The first-order valence-electron chi connectivity index (χ1n) is 12.2. The smallest absolute Gasteiger partial charge is 0.435 e. The number of alkyl halides is 3. The highest BCUT2D eigenvalue weighted by Gasteiger charge is 2.45. The molecule has 37 heavy (non-hydrogen) atoms. The summed E-state index contributed by atoms with van der Waals surface area (Å²) in [5.41, 5.74) is 9.44. The van der Waals surface area contributed by atoms with E-state index < -0.39 is 46.7 Å². The van der Waals surface area contributed by atoms with Gasteiger partial charge >= 0.3 is 12.1 Å². The molecule has 2 aliphatic rings. The second kappa shape index (κ2) is 9.81. The number of aromatic nitrogens is 2. The summed E-state index contributed by atoms with van der Waals surface area (Å²) in [5, 5.41) is 6.47. The van der Waals surface area contributed by atoms with E-state index in [1.54, 1.807) is 13.8 Å². The number of ketones is 1. The van der Waals surface area contributed by atoms with Gasteiger partial charge in [0.25, 0.3) is 5.91 Å². The topological polar surface area (TPSA) is 142 Å². The second-order valence-electron chi connectivity index (χ2n) is 10.4. The number of amides is 1. The van der Waals surface area contributed by atoms with E-state index in [0.717, 1.165) is 36.8 Å². The Bertz CT molecular complexity index is 1230. The fourth-order valence-electron chi connectivity index (χ4n) is 5.01. The van der Waals surface area contributed by atoms with Gasteiger partial charge in [-0.3, -0.25) is 9.59 Å². The average molecular weight is 522 g/mol. The minimum Gasteiger partial charge on any atom is -0.460 e. The molecule has 12 heteroatoms. The van der Waals surface area contributed by atoms with E-state index in [-0.39, 0.29) is 41.6 Å². The van der Waals surface area contributed by atoms with Gasteiger partial charge < -0.3 is 21.5 Å². The van der Waals surface area contributed by atoms with E-state index in [9.17, 15) is 27.6 Å². The SMILES string of the molecule is CC1(C)CC(=O)c2c(C(F)(F)F)nn(-c3ccc(C(N)=O)c(NC(N)C(=O)OC4CCCCC4)c3)c2C1. The number of nitrogens with zero attached hydrogens (tertiary/aromatic N) is 2. The van der Waals surface area contributed by atoms with Crippen LogP contribution in [0.3, 0.4) is 0 Å². The third-order valence-corrected chi connectivity index (χ3v) is 6.73. The van der Waals surface area contributed by atoms with Crippen LogP contribution in [0.15, 0.2) is 18.2 Å². The van der Waals surface area contributed by atoms with Crippen LogP contribution in [-0.4, -0.2) is 39.7 Å². The number of hydrogen-bond donors (Lipinski definition) is 3. The number of anilines is 1.